The van der Waals surface area contributed by atoms with Crippen molar-refractivity contribution in [2.45, 2.75) is 25.7 Å². The Kier molecular flexibility index (Phi) is 3.60. The first-order valence-electron chi connectivity index (χ1n) is 8.19. The van der Waals surface area contributed by atoms with Gasteiger partial charge in [0.2, 0.25) is 0 Å². The van der Waals surface area contributed by atoms with Crippen LogP contribution in [-0.4, -0.2) is 24.2 Å². The molecule has 3 aromatic rings. The first kappa shape index (κ1) is 14.9. The predicted octanol–water partition coefficient (Wildman–Crippen LogP) is 4.50. The number of aromatic nitrogens is 2. The maximum atomic E-state index is 5.48. The van der Waals surface area contributed by atoms with Crippen LogP contribution in [0.4, 0.5) is 0 Å². The van der Waals surface area contributed by atoms with Gasteiger partial charge in [0.05, 0.1) is 14.2 Å². The van der Waals surface area contributed by atoms with Crippen molar-refractivity contribution in [2.75, 3.05) is 14.2 Å². The number of methoxy groups -OCH3 is 2. The summed E-state index contributed by atoms with van der Waals surface area (Å²) in [5, 5.41) is 2.36. The molecular weight excluding hydrogens is 300 g/mol. The molecule has 0 amide bonds. The fourth-order valence-corrected chi connectivity index (χ4v) is 3.17. The zero-order valence-electron chi connectivity index (χ0n) is 14.2. The molecule has 1 fully saturated rings. The summed E-state index contributed by atoms with van der Waals surface area (Å²) in [7, 11) is 3.34. The van der Waals surface area contributed by atoms with Crippen molar-refractivity contribution in [3.05, 3.63) is 47.8 Å². The highest BCUT2D eigenvalue weighted by molar-refractivity contribution is 5.93. The number of rotatable bonds is 4. The van der Waals surface area contributed by atoms with Gasteiger partial charge in [-0.15, -0.1) is 0 Å². The summed E-state index contributed by atoms with van der Waals surface area (Å²) >= 11 is 0. The Morgan fingerprint density at radius 2 is 1.75 bits per heavy atom. The summed E-state index contributed by atoms with van der Waals surface area (Å²) in [4.78, 5) is 9.03. The summed E-state index contributed by atoms with van der Waals surface area (Å²) in [6.45, 7) is 1.99. The monoisotopic (exact) mass is 320 g/mol. The number of hydrogen-bond acceptors (Lipinski definition) is 4. The lowest BCUT2D eigenvalue weighted by atomic mass is 9.97. The minimum absolute atomic E-state index is 0.621. The van der Waals surface area contributed by atoms with Gasteiger partial charge >= 0.3 is 0 Å². The highest BCUT2D eigenvalue weighted by Gasteiger charge is 2.27. The Morgan fingerprint density at radius 3 is 2.42 bits per heavy atom. The summed E-state index contributed by atoms with van der Waals surface area (Å²) in [6, 6.07) is 10.4. The van der Waals surface area contributed by atoms with Crippen molar-refractivity contribution in [2.24, 2.45) is 0 Å². The molecule has 0 saturated heterocycles. The van der Waals surface area contributed by atoms with Gasteiger partial charge in [0.25, 0.3) is 0 Å². The molecule has 0 N–H and O–H groups in total. The molecule has 2 aromatic carbocycles. The molecule has 0 unspecified atom stereocenters. The number of fused-ring (bicyclic) bond motifs is 1. The summed E-state index contributed by atoms with van der Waals surface area (Å²) in [5.74, 6) is 2.91. The predicted molar refractivity (Wildman–Crippen MR) is 94.8 cm³/mol. The summed E-state index contributed by atoms with van der Waals surface area (Å²) < 4.78 is 10.9. The number of benzene rings is 2. The van der Waals surface area contributed by atoms with Gasteiger partial charge in [-0.2, -0.15) is 0 Å². The molecule has 4 nitrogen and oxygen atoms in total. The first-order chi connectivity index (χ1) is 11.7. The number of ether oxygens (including phenoxy) is 2. The van der Waals surface area contributed by atoms with E-state index < -0.39 is 0 Å². The third-order valence-corrected chi connectivity index (χ3v) is 4.56. The second-order valence-electron chi connectivity index (χ2n) is 6.29. The molecule has 0 aliphatic heterocycles. The largest absolute Gasteiger partial charge is 0.493 e. The fraction of sp³-hybridized carbons (Fsp3) is 0.300. The van der Waals surface area contributed by atoms with Crippen LogP contribution in [0.3, 0.4) is 0 Å². The molecule has 24 heavy (non-hydrogen) atoms. The van der Waals surface area contributed by atoms with Gasteiger partial charge < -0.3 is 9.47 Å². The molecule has 0 bridgehead atoms. The van der Waals surface area contributed by atoms with Crippen LogP contribution in [0.2, 0.25) is 0 Å². The van der Waals surface area contributed by atoms with Crippen molar-refractivity contribution < 1.29 is 9.47 Å². The first-order valence-corrected chi connectivity index (χ1v) is 8.19. The van der Waals surface area contributed by atoms with E-state index in [1.54, 1.807) is 14.2 Å². The highest BCUT2D eigenvalue weighted by Crippen LogP contribution is 2.46. The molecule has 0 radical (unpaired) electrons. The van der Waals surface area contributed by atoms with Crippen molar-refractivity contribution in [3.63, 3.8) is 0 Å². The van der Waals surface area contributed by atoms with Crippen LogP contribution >= 0.6 is 0 Å². The normalized spacial score (nSPS) is 14.0. The Morgan fingerprint density at radius 1 is 1.00 bits per heavy atom. The number of nitrogens with zero attached hydrogens (tertiary/aromatic N) is 2. The Hall–Kier alpha value is -2.62. The van der Waals surface area contributed by atoms with E-state index in [4.69, 9.17) is 9.47 Å². The van der Waals surface area contributed by atoms with E-state index in [0.29, 0.717) is 5.92 Å². The molecule has 0 spiro atoms. The second-order valence-corrected chi connectivity index (χ2v) is 6.29. The standard InChI is InChI=1S/C20H20N2O2/c1-12-6-7-21-20(22-12)15-8-14-10-18(23-2)19(24-3)11-17(14)16(9-15)13-4-5-13/h6-11,13H,4-5H2,1-3H3. The van der Waals surface area contributed by atoms with Crippen molar-refractivity contribution in [1.82, 2.24) is 9.97 Å². The Balaban J connectivity index is 1.97. The van der Waals surface area contributed by atoms with Gasteiger partial charge in [-0.05, 0) is 72.4 Å². The van der Waals surface area contributed by atoms with Gasteiger partial charge in [-0.25, -0.2) is 9.97 Å². The zero-order valence-corrected chi connectivity index (χ0v) is 14.2. The SMILES string of the molecule is COc1cc2cc(-c3nccc(C)n3)cc(C3CC3)c2cc1OC. The number of aryl methyl sites for hydroxylation is 1. The Labute approximate surface area is 141 Å². The zero-order chi connectivity index (χ0) is 16.7. The highest BCUT2D eigenvalue weighted by atomic mass is 16.5. The molecule has 1 heterocycles. The van der Waals surface area contributed by atoms with Crippen molar-refractivity contribution in [3.8, 4) is 22.9 Å². The smallest absolute Gasteiger partial charge is 0.161 e. The lowest BCUT2D eigenvalue weighted by Crippen LogP contribution is -1.95. The maximum Gasteiger partial charge on any atom is 0.161 e. The lowest BCUT2D eigenvalue weighted by Gasteiger charge is -2.13. The van der Waals surface area contributed by atoms with Crippen LogP contribution in [0.15, 0.2) is 36.5 Å². The van der Waals surface area contributed by atoms with E-state index in [1.165, 1.54) is 23.8 Å². The molecule has 4 heteroatoms. The van der Waals surface area contributed by atoms with E-state index in [1.807, 2.05) is 25.3 Å². The van der Waals surface area contributed by atoms with E-state index in [9.17, 15) is 0 Å². The van der Waals surface area contributed by atoms with Gasteiger partial charge in [0, 0.05) is 17.5 Å². The van der Waals surface area contributed by atoms with Gasteiger partial charge in [0.1, 0.15) is 0 Å². The molecule has 122 valence electrons. The summed E-state index contributed by atoms with van der Waals surface area (Å²) in [5.41, 5.74) is 3.38. The Bertz CT molecular complexity index is 917. The van der Waals surface area contributed by atoms with E-state index in [0.717, 1.165) is 34.0 Å². The van der Waals surface area contributed by atoms with Crippen molar-refractivity contribution in [1.29, 1.82) is 0 Å². The van der Waals surface area contributed by atoms with Crippen LogP contribution in [0.5, 0.6) is 11.5 Å². The van der Waals surface area contributed by atoms with E-state index in [-0.39, 0.29) is 0 Å². The third kappa shape index (κ3) is 2.58. The van der Waals surface area contributed by atoms with Crippen LogP contribution in [-0.2, 0) is 0 Å². The summed E-state index contributed by atoms with van der Waals surface area (Å²) in [6.07, 6.45) is 4.29. The average molecular weight is 320 g/mol. The van der Waals surface area contributed by atoms with Gasteiger partial charge in [0.15, 0.2) is 17.3 Å². The third-order valence-electron chi connectivity index (χ3n) is 4.56. The van der Waals surface area contributed by atoms with E-state index in [2.05, 4.69) is 28.2 Å². The molecule has 1 saturated carbocycles. The van der Waals surface area contributed by atoms with Crippen LogP contribution in [0, 0.1) is 6.92 Å². The molecular formula is C20H20N2O2. The maximum absolute atomic E-state index is 5.48. The van der Waals surface area contributed by atoms with Crippen molar-refractivity contribution >= 4 is 10.8 Å². The van der Waals surface area contributed by atoms with Gasteiger partial charge in [-0.1, -0.05) is 0 Å². The molecule has 1 aliphatic rings. The minimum atomic E-state index is 0.621. The number of hydrogen-bond donors (Lipinski definition) is 0. The fourth-order valence-electron chi connectivity index (χ4n) is 3.17. The minimum Gasteiger partial charge on any atom is -0.493 e. The molecule has 1 aliphatic carbocycles. The van der Waals surface area contributed by atoms with Gasteiger partial charge in [-0.3, -0.25) is 0 Å². The molecule has 0 atom stereocenters. The van der Waals surface area contributed by atoms with Crippen LogP contribution < -0.4 is 9.47 Å². The van der Waals surface area contributed by atoms with E-state index >= 15 is 0 Å². The van der Waals surface area contributed by atoms with Crippen LogP contribution in [0.25, 0.3) is 22.2 Å². The molecule has 1 aromatic heterocycles. The quantitative estimate of drug-likeness (QED) is 0.710. The topological polar surface area (TPSA) is 44.2 Å². The molecule has 4 rings (SSSR count). The average Bonchev–Trinajstić information content (AvgIpc) is 3.44. The second kappa shape index (κ2) is 5.78. The van der Waals surface area contributed by atoms with Crippen LogP contribution in [0.1, 0.15) is 30.0 Å². The lowest BCUT2D eigenvalue weighted by molar-refractivity contribution is 0.356.